The number of benzene rings is 7. The van der Waals surface area contributed by atoms with E-state index >= 15 is 0 Å². The van der Waals surface area contributed by atoms with Gasteiger partial charge in [0.25, 0.3) is 0 Å². The average Bonchev–Trinajstić information content (AvgIpc) is 3.80. The van der Waals surface area contributed by atoms with Crippen LogP contribution in [0.15, 0.2) is 176 Å². The van der Waals surface area contributed by atoms with Crippen LogP contribution < -0.4 is 4.90 Å². The number of allylic oxidation sites excluding steroid dienone is 4. The topological polar surface area (TPSA) is 8.17 Å². The van der Waals surface area contributed by atoms with E-state index in [1.54, 1.807) is 0 Å². The van der Waals surface area contributed by atoms with Crippen LogP contribution in [0.1, 0.15) is 55.5 Å². The van der Waals surface area contributed by atoms with Crippen molar-refractivity contribution < 1.29 is 0 Å². The van der Waals surface area contributed by atoms with E-state index in [1.165, 1.54) is 88.8 Å². The Morgan fingerprint density at radius 2 is 1.05 bits per heavy atom. The highest BCUT2D eigenvalue weighted by molar-refractivity contribution is 6.10. The summed E-state index contributed by atoms with van der Waals surface area (Å²) in [4.78, 5) is 2.44. The second kappa shape index (κ2) is 12.2. The molecule has 2 heterocycles. The first-order chi connectivity index (χ1) is 27.7. The van der Waals surface area contributed by atoms with Gasteiger partial charge in [-0.2, -0.15) is 0 Å². The maximum atomic E-state index is 4.59. The molecule has 0 amide bonds. The quantitative estimate of drug-likeness (QED) is 0.176. The molecule has 8 aromatic rings. The molecule has 11 rings (SSSR count). The summed E-state index contributed by atoms with van der Waals surface area (Å²) in [5.74, 6) is 0. The van der Waals surface area contributed by atoms with Gasteiger partial charge in [-0.3, -0.25) is 0 Å². The van der Waals surface area contributed by atoms with Crippen LogP contribution in [0.4, 0.5) is 11.4 Å². The second-order valence-electron chi connectivity index (χ2n) is 17.0. The monoisotopic (exact) mass is 732 g/mol. The fraction of sp³-hybridized carbons (Fsp3) is 0.127. The number of hydrogen-bond donors (Lipinski definition) is 0. The van der Waals surface area contributed by atoms with E-state index < -0.39 is 0 Å². The highest BCUT2D eigenvalue weighted by Crippen LogP contribution is 2.51. The summed E-state index contributed by atoms with van der Waals surface area (Å²) in [7, 11) is 0. The van der Waals surface area contributed by atoms with Gasteiger partial charge in [-0.1, -0.05) is 150 Å². The third-order valence-electron chi connectivity index (χ3n) is 13.2. The Morgan fingerprint density at radius 3 is 1.79 bits per heavy atom. The molecular formula is C55H44N2. The molecule has 0 fully saturated rings. The normalized spacial score (nSPS) is 16.9. The lowest BCUT2D eigenvalue weighted by Crippen LogP contribution is -2.20. The van der Waals surface area contributed by atoms with Gasteiger partial charge in [-0.25, -0.2) is 0 Å². The van der Waals surface area contributed by atoms with Crippen LogP contribution in [0.25, 0.3) is 66.4 Å². The zero-order valence-electron chi connectivity index (χ0n) is 33.0. The first kappa shape index (κ1) is 33.7. The molecular weight excluding hydrogens is 689 g/mol. The second-order valence-corrected chi connectivity index (χ2v) is 17.0. The van der Waals surface area contributed by atoms with Crippen LogP contribution in [-0.4, -0.2) is 11.1 Å². The predicted octanol–water partition coefficient (Wildman–Crippen LogP) is 14.3. The molecule has 2 heteroatoms. The molecule has 0 saturated heterocycles. The molecule has 3 aliphatic rings. The fourth-order valence-electron chi connectivity index (χ4n) is 10.2. The van der Waals surface area contributed by atoms with Gasteiger partial charge in [-0.15, -0.1) is 0 Å². The summed E-state index contributed by atoms with van der Waals surface area (Å²) in [6.07, 6.45) is 8.63. The molecule has 0 bridgehead atoms. The lowest BCUT2D eigenvalue weighted by molar-refractivity contribution is 0.660. The van der Waals surface area contributed by atoms with Gasteiger partial charge in [0.05, 0.1) is 11.0 Å². The number of aromatic nitrogens is 1. The minimum atomic E-state index is -0.0694. The molecule has 1 aliphatic heterocycles. The van der Waals surface area contributed by atoms with Gasteiger partial charge in [0.15, 0.2) is 0 Å². The Labute approximate surface area is 335 Å². The van der Waals surface area contributed by atoms with Gasteiger partial charge in [-0.05, 0) is 116 Å². The molecule has 0 radical (unpaired) electrons. The van der Waals surface area contributed by atoms with E-state index in [2.05, 4.69) is 214 Å². The molecule has 0 spiro atoms. The van der Waals surface area contributed by atoms with Gasteiger partial charge in [0.1, 0.15) is 0 Å². The zero-order chi connectivity index (χ0) is 38.6. The number of anilines is 2. The Balaban J connectivity index is 1.02. The van der Waals surface area contributed by atoms with Crippen molar-refractivity contribution in [1.82, 2.24) is 4.57 Å². The van der Waals surface area contributed by atoms with Crippen molar-refractivity contribution >= 4 is 38.8 Å². The smallest absolute Gasteiger partial charge is 0.0541 e. The summed E-state index contributed by atoms with van der Waals surface area (Å²) in [5, 5.41) is 2.51. The van der Waals surface area contributed by atoms with Crippen molar-refractivity contribution in [2.45, 2.75) is 38.5 Å². The molecule has 0 N–H and O–H groups in total. The molecule has 1 aromatic heterocycles. The average molecular weight is 733 g/mol. The molecule has 0 saturated carbocycles. The maximum Gasteiger partial charge on any atom is 0.0541 e. The summed E-state index contributed by atoms with van der Waals surface area (Å²) >= 11 is 0. The van der Waals surface area contributed by atoms with Crippen LogP contribution >= 0.6 is 0 Å². The molecule has 7 aromatic carbocycles. The van der Waals surface area contributed by atoms with E-state index in [-0.39, 0.29) is 10.8 Å². The van der Waals surface area contributed by atoms with E-state index in [0.29, 0.717) is 0 Å². The van der Waals surface area contributed by atoms with Crippen molar-refractivity contribution in [3.8, 4) is 39.1 Å². The lowest BCUT2D eigenvalue weighted by atomic mass is 9.82. The summed E-state index contributed by atoms with van der Waals surface area (Å²) in [5.41, 5.74) is 21.3. The van der Waals surface area contributed by atoms with E-state index in [9.17, 15) is 0 Å². The van der Waals surface area contributed by atoms with Gasteiger partial charge < -0.3 is 9.47 Å². The van der Waals surface area contributed by atoms with Gasteiger partial charge in [0, 0.05) is 50.8 Å². The van der Waals surface area contributed by atoms with Crippen molar-refractivity contribution in [1.29, 1.82) is 0 Å². The molecule has 2 nitrogen and oxygen atoms in total. The first-order valence-corrected chi connectivity index (χ1v) is 20.2. The fourth-order valence-corrected chi connectivity index (χ4v) is 10.2. The van der Waals surface area contributed by atoms with Crippen LogP contribution in [0.3, 0.4) is 0 Å². The van der Waals surface area contributed by atoms with E-state index in [0.717, 1.165) is 23.4 Å². The van der Waals surface area contributed by atoms with Crippen molar-refractivity contribution in [2.24, 2.45) is 0 Å². The Bertz CT molecular complexity index is 3070. The first-order valence-electron chi connectivity index (χ1n) is 20.2. The van der Waals surface area contributed by atoms with Gasteiger partial charge >= 0.3 is 0 Å². The van der Waals surface area contributed by atoms with Crippen LogP contribution in [0, 0.1) is 0 Å². The molecule has 0 unspecified atom stereocenters. The molecule has 0 atom stereocenters. The minimum Gasteiger partial charge on any atom is -0.337 e. The highest BCUT2D eigenvalue weighted by atomic mass is 15.1. The largest absolute Gasteiger partial charge is 0.337 e. The van der Waals surface area contributed by atoms with Crippen LogP contribution in [-0.2, 0) is 10.8 Å². The van der Waals surface area contributed by atoms with E-state index in [1.807, 2.05) is 0 Å². The van der Waals surface area contributed by atoms with E-state index in [4.69, 9.17) is 0 Å². The van der Waals surface area contributed by atoms with Crippen molar-refractivity contribution in [2.75, 3.05) is 11.4 Å². The predicted molar refractivity (Wildman–Crippen MR) is 242 cm³/mol. The number of nitrogens with zero attached hydrogens (tertiary/aromatic N) is 2. The van der Waals surface area contributed by atoms with Crippen molar-refractivity contribution in [3.63, 3.8) is 0 Å². The Hall–Kier alpha value is -6.64. The Kier molecular flexibility index (Phi) is 7.20. The summed E-state index contributed by atoms with van der Waals surface area (Å²) < 4.78 is 2.45. The summed E-state index contributed by atoms with van der Waals surface area (Å²) in [6, 6.07) is 54.6. The number of fused-ring (bicyclic) bond motifs is 10. The maximum absolute atomic E-state index is 4.59. The SMILES string of the molecule is C=C1/C=C\C=C/CN(c2ccc3c(c2)C(C)(C)c2ccccc2-3)c2ccc(-c3ccc4c(c3)c3ccccc3n4-c3ccc4c(c3)C(C)(C)c3ccccc3-4)cc21. The number of para-hydroxylation sites is 1. The number of hydrogen-bond acceptors (Lipinski definition) is 1. The standard InChI is InChI=1S/C55H44N2/c1-35-15-7-6-14-30-56(38-24-26-42-40-16-8-11-19-47(40)54(2,3)49(42)33-38)51-28-22-36(31-45(35)51)37-23-29-53-46(32-37)44-18-10-13-21-52(44)57(53)39-25-27-43-41-17-9-12-20-48(41)55(4,5)50(43)34-39/h6-29,31-34H,1,30H2,2-5H3/b14-6-,15-7-. The Morgan fingerprint density at radius 1 is 0.474 bits per heavy atom. The van der Waals surface area contributed by atoms with Gasteiger partial charge in [0.2, 0.25) is 0 Å². The summed E-state index contributed by atoms with van der Waals surface area (Å²) in [6.45, 7) is 14.8. The molecule has 2 aliphatic carbocycles. The molecule has 57 heavy (non-hydrogen) atoms. The third kappa shape index (κ3) is 4.90. The zero-order valence-corrected chi connectivity index (χ0v) is 33.0. The number of rotatable bonds is 3. The van der Waals surface area contributed by atoms with Crippen LogP contribution in [0.5, 0.6) is 0 Å². The highest BCUT2D eigenvalue weighted by Gasteiger charge is 2.37. The molecule has 274 valence electrons. The minimum absolute atomic E-state index is 0.0644. The third-order valence-corrected chi connectivity index (χ3v) is 13.2. The van der Waals surface area contributed by atoms with Crippen molar-refractivity contribution in [3.05, 3.63) is 204 Å². The lowest BCUT2D eigenvalue weighted by Gasteiger charge is -2.29. The van der Waals surface area contributed by atoms with Crippen LogP contribution in [0.2, 0.25) is 0 Å².